The number of halogens is 1. The van der Waals surface area contributed by atoms with Crippen LogP contribution in [0.1, 0.15) is 12.8 Å². The van der Waals surface area contributed by atoms with Crippen molar-refractivity contribution >= 4 is 5.69 Å². The van der Waals surface area contributed by atoms with E-state index >= 15 is 0 Å². The van der Waals surface area contributed by atoms with Crippen molar-refractivity contribution in [3.05, 3.63) is 30.1 Å². The minimum absolute atomic E-state index is 0.195. The van der Waals surface area contributed by atoms with Gasteiger partial charge < -0.3 is 4.90 Å². The molecule has 0 bridgehead atoms. The molecule has 1 fully saturated rings. The van der Waals surface area contributed by atoms with Gasteiger partial charge in [0.05, 0.1) is 0 Å². The van der Waals surface area contributed by atoms with E-state index in [0.717, 1.165) is 18.8 Å². The first-order chi connectivity index (χ1) is 5.86. The van der Waals surface area contributed by atoms with Gasteiger partial charge in [0.1, 0.15) is 5.82 Å². The van der Waals surface area contributed by atoms with Gasteiger partial charge in [0.2, 0.25) is 0 Å². The Balaban J connectivity index is 2.21. The Hall–Kier alpha value is -1.05. The van der Waals surface area contributed by atoms with Gasteiger partial charge >= 0.3 is 0 Å². The van der Waals surface area contributed by atoms with Gasteiger partial charge in [0.25, 0.3) is 0 Å². The van der Waals surface area contributed by atoms with Crippen LogP contribution in [0.2, 0.25) is 0 Å². The molecule has 1 heterocycles. The highest BCUT2D eigenvalue weighted by atomic mass is 19.1. The fourth-order valence-electron chi connectivity index (χ4n) is 1.59. The average Bonchev–Trinajstić information content (AvgIpc) is 2.56. The Morgan fingerprint density at radius 1 is 1.25 bits per heavy atom. The average molecular weight is 164 g/mol. The molecule has 0 aromatic heterocycles. The highest BCUT2D eigenvalue weighted by molar-refractivity contribution is 5.46. The van der Waals surface area contributed by atoms with Gasteiger partial charge in [-0.15, -0.1) is 0 Å². The smallest absolute Gasteiger partial charge is 0.125 e. The molecule has 1 saturated heterocycles. The van der Waals surface area contributed by atoms with Crippen LogP contribution in [0.25, 0.3) is 0 Å². The first kappa shape index (κ1) is 7.59. The molecule has 1 aliphatic rings. The summed E-state index contributed by atoms with van der Waals surface area (Å²) < 4.78 is 12.8. The summed E-state index contributed by atoms with van der Waals surface area (Å²) in [5.74, 6) is -0.195. The van der Waals surface area contributed by atoms with Gasteiger partial charge in [-0.25, -0.2) is 4.39 Å². The lowest BCUT2D eigenvalue weighted by molar-refractivity contribution is 0.627. The van der Waals surface area contributed by atoms with Crippen LogP contribution in [-0.4, -0.2) is 13.1 Å². The Kier molecular flexibility index (Phi) is 1.98. The Morgan fingerprint density at radius 3 is 2.67 bits per heavy atom. The number of nitrogens with zero attached hydrogens (tertiary/aromatic N) is 1. The number of rotatable bonds is 1. The number of hydrogen-bond donors (Lipinski definition) is 0. The molecule has 2 rings (SSSR count). The molecule has 1 aliphatic heterocycles. The predicted octanol–water partition coefficient (Wildman–Crippen LogP) is 2.23. The highest BCUT2D eigenvalue weighted by Crippen LogP contribution is 2.19. The molecule has 12 heavy (non-hydrogen) atoms. The summed E-state index contributed by atoms with van der Waals surface area (Å²) in [4.78, 5) is 2.19. The van der Waals surface area contributed by atoms with Gasteiger partial charge in [-0.05, 0) is 37.1 Å². The summed E-state index contributed by atoms with van der Waals surface area (Å²) in [5, 5.41) is 0. The lowest BCUT2D eigenvalue weighted by Gasteiger charge is -2.16. The second-order valence-electron chi connectivity index (χ2n) is 3.10. The molecule has 0 spiro atoms. The van der Waals surface area contributed by atoms with E-state index < -0.39 is 0 Å². The van der Waals surface area contributed by atoms with Gasteiger partial charge in [-0.1, -0.05) is 0 Å². The predicted molar refractivity (Wildman–Crippen MR) is 46.7 cm³/mol. The topological polar surface area (TPSA) is 3.24 Å². The third kappa shape index (κ3) is 1.42. The van der Waals surface area contributed by atoms with Crippen LogP contribution in [0.15, 0.2) is 18.2 Å². The SMILES string of the molecule is Fc1c[c]cc(N2CCCC2)c1. The number of anilines is 1. The lowest BCUT2D eigenvalue weighted by atomic mass is 10.3. The van der Waals surface area contributed by atoms with Crippen molar-refractivity contribution in [1.29, 1.82) is 0 Å². The Labute approximate surface area is 71.8 Å². The van der Waals surface area contributed by atoms with Crippen LogP contribution in [0.3, 0.4) is 0 Å². The minimum Gasteiger partial charge on any atom is -0.371 e. The molecule has 0 N–H and O–H groups in total. The fourth-order valence-corrected chi connectivity index (χ4v) is 1.59. The number of hydrogen-bond acceptors (Lipinski definition) is 1. The van der Waals surface area contributed by atoms with Crippen LogP contribution in [0.5, 0.6) is 0 Å². The summed E-state index contributed by atoms with van der Waals surface area (Å²) >= 11 is 0. The third-order valence-corrected chi connectivity index (χ3v) is 2.21. The van der Waals surface area contributed by atoms with Crippen molar-refractivity contribution in [1.82, 2.24) is 0 Å². The molecule has 0 aliphatic carbocycles. The van der Waals surface area contributed by atoms with Gasteiger partial charge in [0, 0.05) is 18.8 Å². The molecule has 1 nitrogen and oxygen atoms in total. The highest BCUT2D eigenvalue weighted by Gasteiger charge is 2.11. The van der Waals surface area contributed by atoms with Crippen molar-refractivity contribution in [2.45, 2.75) is 12.8 Å². The first-order valence-electron chi connectivity index (χ1n) is 4.28. The maximum absolute atomic E-state index is 12.8. The lowest BCUT2D eigenvalue weighted by Crippen LogP contribution is -2.17. The molecule has 1 aromatic carbocycles. The molecule has 1 radical (unpaired) electrons. The van der Waals surface area contributed by atoms with E-state index in [1.54, 1.807) is 6.07 Å². The normalized spacial score (nSPS) is 16.9. The van der Waals surface area contributed by atoms with Crippen LogP contribution in [-0.2, 0) is 0 Å². The van der Waals surface area contributed by atoms with E-state index in [1.165, 1.54) is 18.9 Å². The molecule has 0 saturated carbocycles. The molecule has 0 atom stereocenters. The minimum atomic E-state index is -0.195. The van der Waals surface area contributed by atoms with Crippen LogP contribution < -0.4 is 4.90 Å². The monoisotopic (exact) mass is 164 g/mol. The zero-order valence-corrected chi connectivity index (χ0v) is 6.89. The molecule has 2 heteroatoms. The van der Waals surface area contributed by atoms with Gasteiger partial charge in [-0.3, -0.25) is 0 Å². The summed E-state index contributed by atoms with van der Waals surface area (Å²) in [5.41, 5.74) is 0.965. The van der Waals surface area contributed by atoms with Crippen molar-refractivity contribution in [3.63, 3.8) is 0 Å². The van der Waals surface area contributed by atoms with Gasteiger partial charge in [-0.2, -0.15) is 0 Å². The van der Waals surface area contributed by atoms with E-state index in [2.05, 4.69) is 11.0 Å². The Bertz CT molecular complexity index is 266. The van der Waals surface area contributed by atoms with E-state index in [9.17, 15) is 4.39 Å². The standard InChI is InChI=1S/C10H11FN/c11-9-4-3-5-10(8-9)12-6-1-2-7-12/h4-5,8H,1-2,6-7H2. The summed E-state index contributed by atoms with van der Waals surface area (Å²) in [6.07, 6.45) is 2.44. The number of benzene rings is 1. The molecule has 63 valence electrons. The third-order valence-electron chi connectivity index (χ3n) is 2.21. The summed E-state index contributed by atoms with van der Waals surface area (Å²) in [6.45, 7) is 2.11. The maximum Gasteiger partial charge on any atom is 0.125 e. The maximum atomic E-state index is 12.8. The fraction of sp³-hybridized carbons (Fsp3) is 0.400. The zero-order chi connectivity index (χ0) is 8.39. The molecule has 1 aromatic rings. The van der Waals surface area contributed by atoms with Crippen molar-refractivity contribution in [2.24, 2.45) is 0 Å². The van der Waals surface area contributed by atoms with Crippen LogP contribution >= 0.6 is 0 Å². The van der Waals surface area contributed by atoms with E-state index in [-0.39, 0.29) is 5.82 Å². The first-order valence-corrected chi connectivity index (χ1v) is 4.28. The molecular weight excluding hydrogens is 153 g/mol. The molecule has 0 amide bonds. The van der Waals surface area contributed by atoms with Crippen LogP contribution in [0.4, 0.5) is 10.1 Å². The quantitative estimate of drug-likeness (QED) is 0.615. The van der Waals surface area contributed by atoms with E-state index in [4.69, 9.17) is 0 Å². The summed E-state index contributed by atoms with van der Waals surface area (Å²) in [7, 11) is 0. The molecule has 0 unspecified atom stereocenters. The largest absolute Gasteiger partial charge is 0.371 e. The van der Waals surface area contributed by atoms with Crippen molar-refractivity contribution < 1.29 is 4.39 Å². The van der Waals surface area contributed by atoms with Gasteiger partial charge in [0.15, 0.2) is 0 Å². The van der Waals surface area contributed by atoms with Crippen LogP contribution in [0, 0.1) is 11.9 Å². The molecular formula is C10H11FN. The van der Waals surface area contributed by atoms with Crippen molar-refractivity contribution in [2.75, 3.05) is 18.0 Å². The second-order valence-corrected chi connectivity index (χ2v) is 3.10. The Morgan fingerprint density at radius 2 is 2.00 bits per heavy atom. The summed E-state index contributed by atoms with van der Waals surface area (Å²) in [6, 6.07) is 7.56. The van der Waals surface area contributed by atoms with Crippen molar-refractivity contribution in [3.8, 4) is 0 Å². The van der Waals surface area contributed by atoms with E-state index in [1.807, 2.05) is 6.07 Å². The second kappa shape index (κ2) is 3.13. The van der Waals surface area contributed by atoms with E-state index in [0.29, 0.717) is 0 Å². The zero-order valence-electron chi connectivity index (χ0n) is 6.89.